The minimum absolute atomic E-state index is 0. The van der Waals surface area contributed by atoms with Crippen molar-refractivity contribution >= 4 is 64.6 Å². The largest absolute Gasteiger partial charge is 0.519 e. The van der Waals surface area contributed by atoms with Crippen LogP contribution in [0.25, 0.3) is 25.7 Å². The van der Waals surface area contributed by atoms with E-state index in [4.69, 9.17) is 12.3 Å². The van der Waals surface area contributed by atoms with E-state index < -0.39 is 0 Å². The molecule has 32 heavy (non-hydrogen) atoms. The molecule has 0 fully saturated rings. The van der Waals surface area contributed by atoms with E-state index in [1.54, 1.807) is 40.6 Å². The average molecular weight is 473 g/mol. The number of hydrogen-bond acceptors (Lipinski definition) is 7. The molecule has 4 N–H and O–H groups in total. The van der Waals surface area contributed by atoms with E-state index in [2.05, 4.69) is 14.8 Å². The van der Waals surface area contributed by atoms with Crippen molar-refractivity contribution in [3.8, 4) is 32.4 Å². The van der Waals surface area contributed by atoms with Crippen LogP contribution in [-0.4, -0.2) is 56.4 Å². The molecule has 6 nitrogen and oxygen atoms in total. The van der Waals surface area contributed by atoms with E-state index >= 15 is 0 Å². The first kappa shape index (κ1) is 27.9. The number of benzene rings is 2. The van der Waals surface area contributed by atoms with E-state index in [1.165, 1.54) is 11.3 Å². The number of aromatic nitrogens is 2. The molecule has 2 aromatic heterocycles. The third-order valence-corrected chi connectivity index (χ3v) is 6.37. The molecule has 4 rings (SSSR count). The van der Waals surface area contributed by atoms with Crippen molar-refractivity contribution in [3.05, 3.63) is 75.8 Å². The van der Waals surface area contributed by atoms with Gasteiger partial charge in [-0.2, -0.15) is 0 Å². The van der Waals surface area contributed by atoms with Gasteiger partial charge in [0.15, 0.2) is 0 Å². The van der Waals surface area contributed by atoms with Crippen LogP contribution in [0.1, 0.15) is 17.0 Å². The molecule has 0 unspecified atom stereocenters. The fourth-order valence-electron chi connectivity index (χ4n) is 2.79. The summed E-state index contributed by atoms with van der Waals surface area (Å²) in [7, 11) is 0. The topological polar surface area (TPSA) is 96.6 Å². The van der Waals surface area contributed by atoms with E-state index in [-0.39, 0.29) is 53.4 Å². The minimum atomic E-state index is 0. The van der Waals surface area contributed by atoms with Crippen molar-refractivity contribution in [1.29, 1.82) is 0 Å². The van der Waals surface area contributed by atoms with Crippen LogP contribution in [0.5, 0.6) is 11.5 Å². The molecule has 2 radical (unpaired) electrons. The third kappa shape index (κ3) is 6.45. The number of nitrogens with two attached hydrogens (primary N) is 1. The number of phenols is 2. The number of phenolic OH excluding ortho intramolecular Hbond substituents is 2. The Morgan fingerprint density at radius 1 is 0.906 bits per heavy atom. The van der Waals surface area contributed by atoms with Gasteiger partial charge in [-0.1, -0.05) is 24.3 Å². The number of rotatable bonds is 3. The van der Waals surface area contributed by atoms with Crippen molar-refractivity contribution in [2.45, 2.75) is 20.4 Å². The van der Waals surface area contributed by atoms with Gasteiger partial charge in [0.2, 0.25) is 5.69 Å². The van der Waals surface area contributed by atoms with Gasteiger partial charge in [-0.15, -0.1) is 22.7 Å². The van der Waals surface area contributed by atoms with Crippen LogP contribution in [0.4, 0.5) is 5.69 Å². The molecule has 0 spiro atoms. The van der Waals surface area contributed by atoms with E-state index in [9.17, 15) is 10.2 Å². The van der Waals surface area contributed by atoms with Crippen LogP contribution in [0, 0.1) is 20.4 Å². The minimum Gasteiger partial charge on any atom is -0.519 e. The van der Waals surface area contributed by atoms with Gasteiger partial charge in [-0.05, 0) is 37.1 Å². The fourth-order valence-corrected chi connectivity index (χ4v) is 4.40. The van der Waals surface area contributed by atoms with Gasteiger partial charge in [0, 0.05) is 31.0 Å². The summed E-state index contributed by atoms with van der Waals surface area (Å²) < 4.78 is 0. The van der Waals surface area contributed by atoms with Crippen LogP contribution >= 0.6 is 22.7 Å². The summed E-state index contributed by atoms with van der Waals surface area (Å²) in [6.07, 6.45) is 0. The van der Waals surface area contributed by atoms with Gasteiger partial charge in [0.05, 0.1) is 38.7 Å². The van der Waals surface area contributed by atoms with Gasteiger partial charge >= 0.3 is 0 Å². The van der Waals surface area contributed by atoms with E-state index in [1.807, 2.05) is 32.0 Å². The zero-order valence-electron chi connectivity index (χ0n) is 18.5. The van der Waals surface area contributed by atoms with Crippen molar-refractivity contribution in [1.82, 2.24) is 9.97 Å². The molecular weight excluding hydrogens is 450 g/mol. The molecule has 158 valence electrons. The van der Waals surface area contributed by atoms with Crippen molar-refractivity contribution in [2.24, 2.45) is 5.73 Å². The third-order valence-electron chi connectivity index (χ3n) is 4.42. The molecule has 10 heteroatoms. The number of thiazole rings is 2. The van der Waals surface area contributed by atoms with Gasteiger partial charge in [-0.25, -0.2) is 14.8 Å². The van der Waals surface area contributed by atoms with Crippen LogP contribution in [0.2, 0.25) is 0 Å². The molecule has 0 saturated heterocycles. The predicted molar refractivity (Wildman–Crippen MR) is 136 cm³/mol. The summed E-state index contributed by atoms with van der Waals surface area (Å²) in [5.41, 5.74) is 13.9. The van der Waals surface area contributed by atoms with Crippen molar-refractivity contribution < 1.29 is 10.2 Å². The van der Waals surface area contributed by atoms with Crippen LogP contribution in [-0.2, 0) is 6.54 Å². The number of aromatic hydroxyl groups is 2. The van der Waals surface area contributed by atoms with Crippen molar-refractivity contribution in [3.63, 3.8) is 0 Å². The molecule has 0 aliphatic carbocycles. The standard InChI is InChI=1S/C11H8N2OS.C11H12N2OS.Al.Li.2H/c1-7-11(15-6-13-7)8-3-4-9(12-2)10(14)5-8;1-7-11(15-6-13-7)8-2-3-9(5-12)10(14)4-8;;;;/h3-6,14H,1H3;2-4,6,14H,5,12H2,1H3;;;;. The number of aryl methyl sites for hydroxylation is 2. The molecule has 0 bridgehead atoms. The molecule has 0 amide bonds. The quantitative estimate of drug-likeness (QED) is 0.304. The van der Waals surface area contributed by atoms with Crippen LogP contribution in [0.15, 0.2) is 47.4 Å². The van der Waals surface area contributed by atoms with Crippen LogP contribution < -0.4 is 5.73 Å². The Kier molecular flexibility index (Phi) is 11.2. The summed E-state index contributed by atoms with van der Waals surface area (Å²) >= 11 is 3.10. The molecule has 0 atom stereocenters. The summed E-state index contributed by atoms with van der Waals surface area (Å²) in [5, 5.41) is 19.2. The summed E-state index contributed by atoms with van der Waals surface area (Å²) in [6, 6.07) is 10.6. The summed E-state index contributed by atoms with van der Waals surface area (Å²) in [4.78, 5) is 13.6. The Morgan fingerprint density at radius 2 is 1.41 bits per heavy atom. The molecule has 2 heterocycles. The van der Waals surface area contributed by atoms with E-state index in [0.29, 0.717) is 6.54 Å². The predicted octanol–water partition coefficient (Wildman–Crippen LogP) is 4.36. The maximum atomic E-state index is 9.69. The van der Waals surface area contributed by atoms with Gasteiger partial charge < -0.3 is 15.9 Å². The molecule has 0 aliphatic rings. The maximum absolute atomic E-state index is 9.69. The summed E-state index contributed by atoms with van der Waals surface area (Å²) in [6.45, 7) is 11.1. The van der Waals surface area contributed by atoms with Crippen molar-refractivity contribution in [2.75, 3.05) is 0 Å². The first-order chi connectivity index (χ1) is 14.4. The normalized spacial score (nSPS) is 9.56. The first-order valence-electron chi connectivity index (χ1n) is 8.98. The Morgan fingerprint density at radius 3 is 1.78 bits per heavy atom. The second-order valence-corrected chi connectivity index (χ2v) is 8.11. The zero-order chi connectivity index (χ0) is 21.7. The number of nitrogens with zero attached hydrogens (tertiary/aromatic N) is 3. The van der Waals surface area contributed by atoms with Gasteiger partial charge in [0.1, 0.15) is 28.9 Å². The van der Waals surface area contributed by atoms with E-state index in [0.717, 1.165) is 37.8 Å². The fraction of sp³-hybridized carbons (Fsp3) is 0.136. The maximum Gasteiger partial charge on any atom is 0.227 e. The molecule has 4 aromatic rings. The monoisotopic (exact) mass is 472 g/mol. The molecule has 2 aromatic carbocycles. The molecule has 0 saturated carbocycles. The smallest absolute Gasteiger partial charge is 0.227 e. The summed E-state index contributed by atoms with van der Waals surface area (Å²) in [5.74, 6) is 0.276. The van der Waals surface area contributed by atoms with Gasteiger partial charge in [-0.3, -0.25) is 0 Å². The Hall–Kier alpha value is -2.12. The van der Waals surface area contributed by atoms with Crippen LogP contribution in [0.3, 0.4) is 0 Å². The average Bonchev–Trinajstić information content (AvgIpc) is 3.36. The Balaban J connectivity index is 0.000000301. The Labute approximate surface area is 217 Å². The molecule has 0 aliphatic heterocycles. The SMILES string of the molecule is Cc1ncsc1-c1ccc(CN)c(O)c1.[AlH2].[C-]#[N+]c1ccc(-c2scnc2C)cc1O.[Li]. The number of hydrogen-bond donors (Lipinski definition) is 3. The Bertz CT molecular complexity index is 1220. The molecular formula is C22H22AlLiN4O2S2. The second kappa shape index (κ2) is 12.8. The zero-order valence-corrected chi connectivity index (χ0v) is 22.1. The van der Waals surface area contributed by atoms with Gasteiger partial charge in [0.25, 0.3) is 0 Å². The second-order valence-electron chi connectivity index (χ2n) is 6.40. The first-order valence-corrected chi connectivity index (χ1v) is 10.7.